The average Bonchev–Trinajstić information content (AvgIpc) is 2.34. The van der Waals surface area contributed by atoms with Crippen LogP contribution in [0.3, 0.4) is 0 Å². The number of aryl methyl sites for hydroxylation is 1. The van der Waals surface area contributed by atoms with Gasteiger partial charge in [-0.15, -0.1) is 11.6 Å². The smallest absolute Gasteiger partial charge is 0.0925 e. The highest BCUT2D eigenvalue weighted by Crippen LogP contribution is 2.16. The maximum Gasteiger partial charge on any atom is 0.0925 e. The van der Waals surface area contributed by atoms with Gasteiger partial charge in [-0.25, -0.2) is 0 Å². The zero-order valence-electron chi connectivity index (χ0n) is 9.95. The van der Waals surface area contributed by atoms with E-state index in [0.717, 1.165) is 12.0 Å². The molecule has 0 aromatic heterocycles. The van der Waals surface area contributed by atoms with E-state index in [9.17, 15) is 5.11 Å². The molecule has 1 aromatic carbocycles. The number of hydrogen-bond donors (Lipinski definition) is 1. The highest BCUT2D eigenvalue weighted by atomic mass is 35.5. The second-order valence-electron chi connectivity index (χ2n) is 4.22. The molecule has 16 heavy (non-hydrogen) atoms. The number of benzene rings is 1. The summed E-state index contributed by atoms with van der Waals surface area (Å²) in [4.78, 5) is 0. The number of rotatable bonds is 7. The van der Waals surface area contributed by atoms with Gasteiger partial charge in [0.2, 0.25) is 0 Å². The second-order valence-corrected chi connectivity index (χ2v) is 4.53. The molecule has 2 heteroatoms. The number of alkyl halides is 1. The van der Waals surface area contributed by atoms with Crippen LogP contribution in [0.15, 0.2) is 24.3 Å². The summed E-state index contributed by atoms with van der Waals surface area (Å²) in [5.74, 6) is 0.260. The van der Waals surface area contributed by atoms with Gasteiger partial charge < -0.3 is 5.11 Å². The van der Waals surface area contributed by atoms with Crippen LogP contribution < -0.4 is 0 Å². The Balaban J connectivity index is 2.39. The summed E-state index contributed by atoms with van der Waals surface area (Å²) in [6.45, 7) is 2.22. The molecule has 1 aromatic rings. The van der Waals surface area contributed by atoms with E-state index in [1.807, 2.05) is 12.1 Å². The van der Waals surface area contributed by atoms with Gasteiger partial charge in [0.1, 0.15) is 0 Å². The molecule has 0 heterocycles. The molecule has 0 bridgehead atoms. The predicted octanol–water partition coefficient (Wildman–Crippen LogP) is 4.08. The number of hydrogen-bond acceptors (Lipinski definition) is 1. The zero-order chi connectivity index (χ0) is 11.8. The van der Waals surface area contributed by atoms with Gasteiger partial charge >= 0.3 is 0 Å². The van der Waals surface area contributed by atoms with Crippen molar-refractivity contribution in [1.82, 2.24) is 0 Å². The van der Waals surface area contributed by atoms with Crippen LogP contribution in [0.25, 0.3) is 0 Å². The van der Waals surface area contributed by atoms with Crippen molar-refractivity contribution in [2.24, 2.45) is 0 Å². The van der Waals surface area contributed by atoms with Crippen molar-refractivity contribution < 1.29 is 5.11 Å². The maximum atomic E-state index is 9.53. The van der Waals surface area contributed by atoms with Crippen molar-refractivity contribution in [3.05, 3.63) is 35.4 Å². The van der Waals surface area contributed by atoms with Gasteiger partial charge in [-0.2, -0.15) is 0 Å². The first kappa shape index (κ1) is 13.5. The fourth-order valence-electron chi connectivity index (χ4n) is 1.75. The minimum atomic E-state index is -0.532. The van der Waals surface area contributed by atoms with E-state index in [-0.39, 0.29) is 5.88 Å². The van der Waals surface area contributed by atoms with Gasteiger partial charge in [-0.05, 0) is 24.0 Å². The van der Waals surface area contributed by atoms with E-state index < -0.39 is 6.10 Å². The predicted molar refractivity (Wildman–Crippen MR) is 70.0 cm³/mol. The van der Waals surface area contributed by atoms with Crippen molar-refractivity contribution in [2.45, 2.75) is 45.1 Å². The van der Waals surface area contributed by atoms with Crippen LogP contribution in [0.5, 0.6) is 0 Å². The Morgan fingerprint density at radius 1 is 1.12 bits per heavy atom. The summed E-state index contributed by atoms with van der Waals surface area (Å²) in [7, 11) is 0. The van der Waals surface area contributed by atoms with E-state index in [1.54, 1.807) is 0 Å². The Labute approximate surface area is 103 Å². The molecular weight excluding hydrogens is 220 g/mol. The molecule has 0 spiro atoms. The van der Waals surface area contributed by atoms with Crippen molar-refractivity contribution in [2.75, 3.05) is 5.88 Å². The van der Waals surface area contributed by atoms with Crippen LogP contribution >= 0.6 is 11.6 Å². The zero-order valence-corrected chi connectivity index (χ0v) is 10.7. The molecule has 0 unspecified atom stereocenters. The SMILES string of the molecule is CCCCCCc1ccc([C@H](O)CCl)cc1. The van der Waals surface area contributed by atoms with Gasteiger partial charge in [0, 0.05) is 0 Å². The van der Waals surface area contributed by atoms with Crippen molar-refractivity contribution in [1.29, 1.82) is 0 Å². The van der Waals surface area contributed by atoms with Crippen molar-refractivity contribution >= 4 is 11.6 Å². The molecule has 90 valence electrons. The van der Waals surface area contributed by atoms with E-state index in [4.69, 9.17) is 11.6 Å². The van der Waals surface area contributed by atoms with E-state index >= 15 is 0 Å². The molecule has 0 saturated heterocycles. The number of aliphatic hydroxyl groups is 1. The van der Waals surface area contributed by atoms with Crippen LogP contribution in [-0.4, -0.2) is 11.0 Å². The lowest BCUT2D eigenvalue weighted by Crippen LogP contribution is -1.98. The first-order valence-corrected chi connectivity index (χ1v) is 6.64. The third-order valence-corrected chi connectivity index (χ3v) is 3.12. The summed E-state index contributed by atoms with van der Waals surface area (Å²) < 4.78 is 0. The van der Waals surface area contributed by atoms with Gasteiger partial charge in [0.25, 0.3) is 0 Å². The van der Waals surface area contributed by atoms with Crippen LogP contribution in [0.1, 0.15) is 49.8 Å². The molecule has 1 rings (SSSR count). The Morgan fingerprint density at radius 3 is 2.38 bits per heavy atom. The lowest BCUT2D eigenvalue weighted by atomic mass is 10.0. The summed E-state index contributed by atoms with van der Waals surface area (Å²) in [5, 5.41) is 9.53. The standard InChI is InChI=1S/C14H21ClO/c1-2-3-4-5-6-12-7-9-13(10-8-12)14(16)11-15/h7-10,14,16H,2-6,11H2,1H3/t14-/m1/s1. The van der Waals surface area contributed by atoms with E-state index in [2.05, 4.69) is 19.1 Å². The van der Waals surface area contributed by atoms with E-state index in [0.29, 0.717) is 0 Å². The molecule has 0 aliphatic rings. The Bertz CT molecular complexity index is 281. The third-order valence-electron chi connectivity index (χ3n) is 2.83. The molecule has 0 amide bonds. The van der Waals surface area contributed by atoms with Crippen molar-refractivity contribution in [3.63, 3.8) is 0 Å². The maximum absolute atomic E-state index is 9.53. The molecule has 1 nitrogen and oxygen atoms in total. The Kier molecular flexibility index (Phi) is 6.51. The minimum Gasteiger partial charge on any atom is -0.387 e. The number of aliphatic hydroxyl groups excluding tert-OH is 1. The van der Waals surface area contributed by atoms with Crippen LogP contribution in [0.4, 0.5) is 0 Å². The largest absolute Gasteiger partial charge is 0.387 e. The van der Waals surface area contributed by atoms with E-state index in [1.165, 1.54) is 31.2 Å². The molecule has 0 fully saturated rings. The minimum absolute atomic E-state index is 0.260. The highest BCUT2D eigenvalue weighted by Gasteiger charge is 2.04. The monoisotopic (exact) mass is 240 g/mol. The van der Waals surface area contributed by atoms with Crippen LogP contribution in [-0.2, 0) is 6.42 Å². The normalized spacial score (nSPS) is 12.7. The van der Waals surface area contributed by atoms with Crippen molar-refractivity contribution in [3.8, 4) is 0 Å². The number of halogens is 1. The molecule has 1 N–H and O–H groups in total. The van der Waals surface area contributed by atoms with Gasteiger partial charge in [-0.3, -0.25) is 0 Å². The number of unbranched alkanes of at least 4 members (excludes halogenated alkanes) is 3. The van der Waals surface area contributed by atoms with Crippen LogP contribution in [0, 0.1) is 0 Å². The summed E-state index contributed by atoms with van der Waals surface area (Å²) in [5.41, 5.74) is 2.26. The lowest BCUT2D eigenvalue weighted by Gasteiger charge is -2.08. The average molecular weight is 241 g/mol. The second kappa shape index (κ2) is 7.70. The van der Waals surface area contributed by atoms with Gasteiger partial charge in [0.05, 0.1) is 12.0 Å². The topological polar surface area (TPSA) is 20.2 Å². The lowest BCUT2D eigenvalue weighted by molar-refractivity contribution is 0.202. The first-order valence-electron chi connectivity index (χ1n) is 6.10. The molecule has 1 atom stereocenters. The molecule has 0 radical (unpaired) electrons. The fraction of sp³-hybridized carbons (Fsp3) is 0.571. The summed E-state index contributed by atoms with van der Waals surface area (Å²) >= 11 is 5.59. The first-order chi connectivity index (χ1) is 7.77. The van der Waals surface area contributed by atoms with Gasteiger partial charge in [0.15, 0.2) is 0 Å². The molecular formula is C14H21ClO. The van der Waals surface area contributed by atoms with Gasteiger partial charge in [-0.1, -0.05) is 50.5 Å². The molecule has 0 aliphatic heterocycles. The molecule has 0 saturated carbocycles. The fourth-order valence-corrected chi connectivity index (χ4v) is 1.93. The van der Waals surface area contributed by atoms with Crippen LogP contribution in [0.2, 0.25) is 0 Å². The summed E-state index contributed by atoms with van der Waals surface area (Å²) in [6.07, 6.45) is 5.77. The molecule has 0 aliphatic carbocycles. The summed E-state index contributed by atoms with van der Waals surface area (Å²) in [6, 6.07) is 8.14. The third kappa shape index (κ3) is 4.54. The highest BCUT2D eigenvalue weighted by molar-refractivity contribution is 6.18. The Hall–Kier alpha value is -0.530. The quantitative estimate of drug-likeness (QED) is 0.563. The Morgan fingerprint density at radius 2 is 1.81 bits per heavy atom.